The van der Waals surface area contributed by atoms with Crippen LogP contribution in [-0.2, 0) is 0 Å². The van der Waals surface area contributed by atoms with E-state index in [4.69, 9.17) is 5.26 Å². The van der Waals surface area contributed by atoms with Crippen molar-refractivity contribution in [3.05, 3.63) is 59.4 Å². The molecule has 0 amide bonds. The summed E-state index contributed by atoms with van der Waals surface area (Å²) in [5.74, 6) is 5.73. The fourth-order valence-electron chi connectivity index (χ4n) is 1.35. The lowest BCUT2D eigenvalue weighted by molar-refractivity contribution is 0.934. The molecule has 2 aromatic rings. The van der Waals surface area contributed by atoms with Gasteiger partial charge in [-0.15, -0.1) is 0 Å². The van der Waals surface area contributed by atoms with E-state index in [1.165, 1.54) is 6.07 Å². The van der Waals surface area contributed by atoms with Gasteiger partial charge in [-0.05, 0) is 36.3 Å². The van der Waals surface area contributed by atoms with Crippen molar-refractivity contribution in [2.75, 3.05) is 0 Å². The highest BCUT2D eigenvalue weighted by Crippen LogP contribution is 2.21. The number of benzene rings is 1. The van der Waals surface area contributed by atoms with Gasteiger partial charge in [0, 0.05) is 16.7 Å². The predicted molar refractivity (Wildman–Crippen MR) is 68.3 cm³/mol. The molecule has 0 radical (unpaired) electrons. The van der Waals surface area contributed by atoms with Crippen molar-refractivity contribution >= 4 is 12.1 Å². The molecular formula is C14H7FN2S. The Hall–Kier alpha value is -2.30. The Kier molecular flexibility index (Phi) is 3.96. The zero-order valence-corrected chi connectivity index (χ0v) is 10.0. The minimum Gasteiger partial charge on any atom is -0.248 e. The van der Waals surface area contributed by atoms with Crippen molar-refractivity contribution in [2.24, 2.45) is 0 Å². The van der Waals surface area contributed by atoms with Crippen LogP contribution in [0.5, 0.6) is 0 Å². The lowest BCUT2D eigenvalue weighted by Crippen LogP contribution is -1.83. The summed E-state index contributed by atoms with van der Waals surface area (Å²) in [5, 5.41) is 8.83. The smallest absolute Gasteiger partial charge is 0.113 e. The van der Waals surface area contributed by atoms with Crippen LogP contribution >= 0.6 is 12.1 Å². The van der Waals surface area contributed by atoms with Crippen molar-refractivity contribution in [3.8, 4) is 17.9 Å². The number of hydrogen-bond donors (Lipinski definition) is 0. The number of nitrogens with zero attached hydrogens (tertiary/aromatic N) is 2. The van der Waals surface area contributed by atoms with Crippen molar-refractivity contribution in [2.45, 2.75) is 4.90 Å². The molecule has 18 heavy (non-hydrogen) atoms. The van der Waals surface area contributed by atoms with E-state index in [2.05, 4.69) is 16.8 Å². The second kappa shape index (κ2) is 5.86. The highest BCUT2D eigenvalue weighted by Gasteiger charge is 1.99. The van der Waals surface area contributed by atoms with Gasteiger partial charge in [-0.2, -0.15) is 9.15 Å². The number of rotatable bonds is 1. The third-order valence-electron chi connectivity index (χ3n) is 2.12. The van der Waals surface area contributed by atoms with Crippen molar-refractivity contribution in [1.82, 2.24) is 4.98 Å². The maximum absolute atomic E-state index is 12.5. The van der Waals surface area contributed by atoms with Gasteiger partial charge in [-0.3, -0.25) is 0 Å². The van der Waals surface area contributed by atoms with Crippen LogP contribution in [0.2, 0.25) is 0 Å². The van der Waals surface area contributed by atoms with Gasteiger partial charge in [0.2, 0.25) is 0 Å². The number of hydrogen-bond acceptors (Lipinski definition) is 3. The predicted octanol–water partition coefficient (Wildman–Crippen LogP) is 3.33. The molecule has 0 aliphatic heterocycles. The van der Waals surface area contributed by atoms with E-state index >= 15 is 0 Å². The Bertz CT molecular complexity index is 651. The summed E-state index contributed by atoms with van der Waals surface area (Å²) < 4.78 is 12.5. The molecule has 0 saturated carbocycles. The summed E-state index contributed by atoms with van der Waals surface area (Å²) >= 11 is 0.0997. The van der Waals surface area contributed by atoms with Crippen LogP contribution in [0.15, 0.2) is 47.5 Å². The quantitative estimate of drug-likeness (QED) is 0.732. The maximum Gasteiger partial charge on any atom is 0.113 e. The van der Waals surface area contributed by atoms with E-state index in [9.17, 15) is 3.89 Å². The first-order valence-corrected chi connectivity index (χ1v) is 5.80. The summed E-state index contributed by atoms with van der Waals surface area (Å²) in [4.78, 5) is 4.44. The Balaban J connectivity index is 2.36. The molecule has 1 heterocycles. The van der Waals surface area contributed by atoms with Crippen LogP contribution in [0.3, 0.4) is 0 Å². The van der Waals surface area contributed by atoms with Crippen LogP contribution in [0.25, 0.3) is 0 Å². The summed E-state index contributed by atoms with van der Waals surface area (Å²) in [6.45, 7) is 0. The zero-order chi connectivity index (χ0) is 12.8. The van der Waals surface area contributed by atoms with Crippen LogP contribution in [0.4, 0.5) is 3.89 Å². The lowest BCUT2D eigenvalue weighted by atomic mass is 10.1. The second-order valence-electron chi connectivity index (χ2n) is 3.40. The van der Waals surface area contributed by atoms with Crippen molar-refractivity contribution in [1.29, 1.82) is 5.26 Å². The molecule has 0 spiro atoms. The first-order chi connectivity index (χ1) is 8.81. The fraction of sp³-hybridized carbons (Fsp3) is 0. The van der Waals surface area contributed by atoms with Crippen LogP contribution in [0.1, 0.15) is 16.8 Å². The average molecular weight is 254 g/mol. The van der Waals surface area contributed by atoms with Gasteiger partial charge in [0.1, 0.15) is 5.69 Å². The monoisotopic (exact) mass is 254 g/mol. The molecule has 0 N–H and O–H groups in total. The molecule has 0 unspecified atom stereocenters. The third-order valence-corrected chi connectivity index (χ3v) is 2.54. The largest absolute Gasteiger partial charge is 0.248 e. The Morgan fingerprint density at radius 1 is 1.11 bits per heavy atom. The fourth-order valence-corrected chi connectivity index (χ4v) is 1.70. The highest BCUT2D eigenvalue weighted by atomic mass is 32.2. The minimum atomic E-state index is 0.0997. The van der Waals surface area contributed by atoms with Gasteiger partial charge >= 0.3 is 0 Å². The van der Waals surface area contributed by atoms with Crippen LogP contribution in [0, 0.1) is 23.2 Å². The zero-order valence-electron chi connectivity index (χ0n) is 9.22. The van der Waals surface area contributed by atoms with Gasteiger partial charge in [0.25, 0.3) is 0 Å². The molecule has 2 nitrogen and oxygen atoms in total. The topological polar surface area (TPSA) is 36.7 Å². The van der Waals surface area contributed by atoms with E-state index in [0.717, 1.165) is 0 Å². The van der Waals surface area contributed by atoms with E-state index in [1.54, 1.807) is 30.5 Å². The number of nitriles is 1. The third kappa shape index (κ3) is 3.10. The molecule has 0 fully saturated rings. The van der Waals surface area contributed by atoms with E-state index in [1.807, 2.05) is 12.1 Å². The number of pyridine rings is 1. The standard InChI is InChI=1S/C14H7FN2S/c15-18-14-8-11(7-12(9-14)10-16)4-5-13-3-1-2-6-17-13/h1-3,6-9H. The van der Waals surface area contributed by atoms with Gasteiger partial charge < -0.3 is 0 Å². The van der Waals surface area contributed by atoms with E-state index in [-0.39, 0.29) is 12.1 Å². The van der Waals surface area contributed by atoms with Gasteiger partial charge in [-0.25, -0.2) is 4.98 Å². The van der Waals surface area contributed by atoms with Gasteiger partial charge in [0.15, 0.2) is 0 Å². The maximum atomic E-state index is 12.5. The SMILES string of the molecule is N#Cc1cc(C#Cc2ccccn2)cc(SF)c1. The molecule has 1 aromatic carbocycles. The van der Waals surface area contributed by atoms with Crippen molar-refractivity contribution < 1.29 is 3.89 Å². The lowest BCUT2D eigenvalue weighted by Gasteiger charge is -1.96. The molecule has 2 rings (SSSR count). The Morgan fingerprint density at radius 2 is 1.94 bits per heavy atom. The first-order valence-electron chi connectivity index (χ1n) is 5.08. The normalized spacial score (nSPS) is 9.11. The minimum absolute atomic E-state index is 0.0997. The molecule has 0 saturated heterocycles. The summed E-state index contributed by atoms with van der Waals surface area (Å²) in [6.07, 6.45) is 1.65. The summed E-state index contributed by atoms with van der Waals surface area (Å²) in [6, 6.07) is 12.1. The molecule has 0 aliphatic carbocycles. The average Bonchev–Trinajstić information content (AvgIpc) is 2.45. The number of aromatic nitrogens is 1. The Labute approximate surface area is 109 Å². The van der Waals surface area contributed by atoms with Gasteiger partial charge in [0.05, 0.1) is 23.8 Å². The highest BCUT2D eigenvalue weighted by molar-refractivity contribution is 7.94. The summed E-state index contributed by atoms with van der Waals surface area (Å²) in [7, 11) is 0. The molecule has 0 bridgehead atoms. The Morgan fingerprint density at radius 3 is 2.61 bits per heavy atom. The summed E-state index contributed by atoms with van der Waals surface area (Å²) in [5.41, 5.74) is 1.62. The molecule has 1 aromatic heterocycles. The second-order valence-corrected chi connectivity index (χ2v) is 4.03. The van der Waals surface area contributed by atoms with Crippen LogP contribution < -0.4 is 0 Å². The van der Waals surface area contributed by atoms with Crippen molar-refractivity contribution in [3.63, 3.8) is 0 Å². The van der Waals surface area contributed by atoms with Crippen LogP contribution in [-0.4, -0.2) is 4.98 Å². The van der Waals surface area contributed by atoms with E-state index < -0.39 is 0 Å². The molecule has 0 atom stereocenters. The molecule has 86 valence electrons. The molecule has 4 heteroatoms. The van der Waals surface area contributed by atoms with E-state index in [0.29, 0.717) is 21.7 Å². The molecular weight excluding hydrogens is 247 g/mol. The molecule has 0 aliphatic rings. The number of halogens is 1. The first kappa shape index (κ1) is 12.2. The van der Waals surface area contributed by atoms with Gasteiger partial charge in [-0.1, -0.05) is 12.0 Å².